The molecule has 0 aromatic heterocycles. The lowest BCUT2D eigenvalue weighted by Gasteiger charge is -2.35. The highest BCUT2D eigenvalue weighted by molar-refractivity contribution is 6.34. The number of alkyl carbamates (subject to hydrolysis) is 1. The number of hydrogen-bond donors (Lipinski definition) is 2. The van der Waals surface area contributed by atoms with Crippen molar-refractivity contribution in [3.63, 3.8) is 0 Å². The molecule has 2 unspecified atom stereocenters. The lowest BCUT2D eigenvalue weighted by atomic mass is 9.99. The number of anilines is 1. The molecular formula is C37H48ClN3O4. The minimum absolute atomic E-state index is 0.235. The van der Waals surface area contributed by atoms with Gasteiger partial charge in [-0.3, -0.25) is 9.59 Å². The van der Waals surface area contributed by atoms with E-state index in [4.69, 9.17) is 16.3 Å². The van der Waals surface area contributed by atoms with E-state index in [-0.39, 0.29) is 18.2 Å². The van der Waals surface area contributed by atoms with Gasteiger partial charge in [0.15, 0.2) is 0 Å². The Bertz CT molecular complexity index is 1360. The number of hydrogen-bond acceptors (Lipinski definition) is 4. The number of unbranched alkanes of at least 4 members (excludes halogenated alkanes) is 5. The second kappa shape index (κ2) is 17.6. The Morgan fingerprint density at radius 2 is 1.47 bits per heavy atom. The molecule has 8 heteroatoms. The molecule has 3 rings (SSSR count). The molecule has 3 aromatic carbocycles. The maximum Gasteiger partial charge on any atom is 0.408 e. The molecule has 0 saturated heterocycles. The molecule has 3 aromatic rings. The molecule has 242 valence electrons. The molecule has 2 N–H and O–H groups in total. The number of halogens is 1. The van der Waals surface area contributed by atoms with E-state index in [1.165, 1.54) is 0 Å². The van der Waals surface area contributed by atoms with E-state index in [1.54, 1.807) is 31.7 Å². The average molecular weight is 634 g/mol. The summed E-state index contributed by atoms with van der Waals surface area (Å²) in [5.41, 5.74) is 2.10. The molecule has 0 saturated carbocycles. The second-order valence-corrected chi connectivity index (χ2v) is 12.8. The zero-order valence-corrected chi connectivity index (χ0v) is 28.0. The summed E-state index contributed by atoms with van der Waals surface area (Å²) in [5.74, 6) is -0.745. The molecule has 0 heterocycles. The quantitative estimate of drug-likeness (QED) is 0.164. The molecule has 0 aliphatic carbocycles. The van der Waals surface area contributed by atoms with E-state index >= 15 is 0 Å². The standard InChI is InChI=1S/C37H48ClN3O4/c1-6-7-8-9-10-17-25-41(35(43)31(26-28-20-13-11-14-21-28)39-36(44)45-37(3,4)5)33(29-22-15-12-16-23-29)34(42)40-32-27(2)19-18-24-30(32)38/h11-16,18-24,31,33H,6-10,17,25-26H2,1-5H3,(H,39,44)(H,40,42). The molecular weight excluding hydrogens is 586 g/mol. The van der Waals surface area contributed by atoms with Gasteiger partial charge in [0.25, 0.3) is 5.91 Å². The van der Waals surface area contributed by atoms with Crippen LogP contribution in [0.1, 0.15) is 89.0 Å². The summed E-state index contributed by atoms with van der Waals surface area (Å²) in [5, 5.41) is 6.26. The van der Waals surface area contributed by atoms with Gasteiger partial charge in [0, 0.05) is 13.0 Å². The van der Waals surface area contributed by atoms with Crippen LogP contribution in [0.25, 0.3) is 0 Å². The lowest BCUT2D eigenvalue weighted by Crippen LogP contribution is -2.53. The molecule has 0 fully saturated rings. The maximum absolute atomic E-state index is 14.7. The molecule has 0 aliphatic rings. The summed E-state index contributed by atoms with van der Waals surface area (Å²) < 4.78 is 5.56. The van der Waals surface area contributed by atoms with Crippen molar-refractivity contribution < 1.29 is 19.1 Å². The fourth-order valence-corrected chi connectivity index (χ4v) is 5.49. The van der Waals surface area contributed by atoms with Crippen molar-refractivity contribution in [2.24, 2.45) is 0 Å². The van der Waals surface area contributed by atoms with E-state index < -0.39 is 23.8 Å². The summed E-state index contributed by atoms with van der Waals surface area (Å²) in [6.45, 7) is 9.71. The van der Waals surface area contributed by atoms with Crippen LogP contribution in [0.15, 0.2) is 78.9 Å². The number of amides is 3. The minimum Gasteiger partial charge on any atom is -0.444 e. The van der Waals surface area contributed by atoms with Crippen LogP contribution in [-0.2, 0) is 20.7 Å². The number of nitrogens with one attached hydrogen (secondary N) is 2. The molecule has 0 radical (unpaired) electrons. The number of benzene rings is 3. The monoisotopic (exact) mass is 633 g/mol. The van der Waals surface area contributed by atoms with Crippen LogP contribution in [-0.4, -0.2) is 41.0 Å². The van der Waals surface area contributed by atoms with Crippen LogP contribution in [0.4, 0.5) is 10.5 Å². The van der Waals surface area contributed by atoms with E-state index in [0.717, 1.165) is 43.2 Å². The van der Waals surface area contributed by atoms with Crippen LogP contribution in [0, 0.1) is 6.92 Å². The predicted molar refractivity (Wildman–Crippen MR) is 182 cm³/mol. The van der Waals surface area contributed by atoms with Crippen molar-refractivity contribution in [1.29, 1.82) is 0 Å². The average Bonchev–Trinajstić information content (AvgIpc) is 2.99. The maximum atomic E-state index is 14.7. The van der Waals surface area contributed by atoms with Crippen molar-refractivity contribution in [3.8, 4) is 0 Å². The van der Waals surface area contributed by atoms with Gasteiger partial charge < -0.3 is 20.3 Å². The van der Waals surface area contributed by atoms with E-state index in [1.807, 2.05) is 79.7 Å². The molecule has 7 nitrogen and oxygen atoms in total. The van der Waals surface area contributed by atoms with E-state index in [2.05, 4.69) is 17.6 Å². The van der Waals surface area contributed by atoms with Gasteiger partial charge in [0.05, 0.1) is 10.7 Å². The molecule has 3 amide bonds. The highest BCUT2D eigenvalue weighted by atomic mass is 35.5. The first-order valence-corrected chi connectivity index (χ1v) is 16.3. The third kappa shape index (κ3) is 11.5. The van der Waals surface area contributed by atoms with Gasteiger partial charge in [-0.2, -0.15) is 0 Å². The summed E-state index contributed by atoms with van der Waals surface area (Å²) in [6, 6.07) is 22.3. The fourth-order valence-electron chi connectivity index (χ4n) is 5.22. The zero-order chi connectivity index (χ0) is 32.8. The Kier molecular flexibility index (Phi) is 13.9. The molecule has 45 heavy (non-hydrogen) atoms. The number of nitrogens with zero attached hydrogens (tertiary/aromatic N) is 1. The molecule has 0 aliphatic heterocycles. The van der Waals surface area contributed by atoms with Gasteiger partial charge >= 0.3 is 6.09 Å². The number of rotatable bonds is 15. The summed E-state index contributed by atoms with van der Waals surface area (Å²) >= 11 is 6.50. The summed E-state index contributed by atoms with van der Waals surface area (Å²) in [6.07, 6.45) is 5.63. The highest BCUT2D eigenvalue weighted by Gasteiger charge is 2.36. The van der Waals surface area contributed by atoms with Gasteiger partial charge in [0.1, 0.15) is 17.7 Å². The Morgan fingerprint density at radius 1 is 0.844 bits per heavy atom. The van der Waals surface area contributed by atoms with Crippen LogP contribution >= 0.6 is 11.6 Å². The van der Waals surface area contributed by atoms with Crippen LogP contribution in [0.5, 0.6) is 0 Å². The van der Waals surface area contributed by atoms with Gasteiger partial charge in [-0.1, -0.05) is 123 Å². The largest absolute Gasteiger partial charge is 0.444 e. The fraction of sp³-hybridized carbons (Fsp3) is 0.432. The first kappa shape index (κ1) is 35.6. The number of carbonyl (C=O) groups excluding carboxylic acids is 3. The number of carbonyl (C=O) groups is 3. The topological polar surface area (TPSA) is 87.7 Å². The Balaban J connectivity index is 2.04. The Morgan fingerprint density at radius 3 is 2.09 bits per heavy atom. The van der Waals surface area contributed by atoms with E-state index in [9.17, 15) is 14.4 Å². The van der Waals surface area contributed by atoms with E-state index in [0.29, 0.717) is 29.2 Å². The minimum atomic E-state index is -0.969. The predicted octanol–water partition coefficient (Wildman–Crippen LogP) is 8.65. The van der Waals surface area contributed by atoms with Crippen molar-refractivity contribution in [2.45, 2.75) is 97.2 Å². The van der Waals surface area contributed by atoms with Gasteiger partial charge in [0.2, 0.25) is 5.91 Å². The normalized spacial score (nSPS) is 12.6. The zero-order valence-electron chi connectivity index (χ0n) is 27.3. The van der Waals surface area contributed by atoms with Crippen molar-refractivity contribution in [1.82, 2.24) is 10.2 Å². The summed E-state index contributed by atoms with van der Waals surface area (Å²) in [4.78, 5) is 43.6. The molecule has 0 spiro atoms. The van der Waals surface area contributed by atoms with Crippen LogP contribution in [0.2, 0.25) is 5.02 Å². The third-order valence-electron chi connectivity index (χ3n) is 7.45. The molecule has 0 bridgehead atoms. The second-order valence-electron chi connectivity index (χ2n) is 12.4. The summed E-state index contributed by atoms with van der Waals surface area (Å²) in [7, 11) is 0. The highest BCUT2D eigenvalue weighted by Crippen LogP contribution is 2.30. The van der Waals surface area contributed by atoms with Gasteiger partial charge in [-0.25, -0.2) is 4.79 Å². The lowest BCUT2D eigenvalue weighted by molar-refractivity contribution is -0.140. The SMILES string of the molecule is CCCCCCCCN(C(=O)C(Cc1ccccc1)NC(=O)OC(C)(C)C)C(C(=O)Nc1c(C)cccc1Cl)c1ccccc1. The van der Waals surface area contributed by atoms with Crippen LogP contribution in [0.3, 0.4) is 0 Å². The van der Waals surface area contributed by atoms with Gasteiger partial charge in [-0.05, 0) is 56.9 Å². The van der Waals surface area contributed by atoms with Gasteiger partial charge in [-0.15, -0.1) is 0 Å². The smallest absolute Gasteiger partial charge is 0.408 e. The Hall–Kier alpha value is -3.84. The van der Waals surface area contributed by atoms with Crippen LogP contribution < -0.4 is 10.6 Å². The number of ether oxygens (including phenoxy) is 1. The first-order chi connectivity index (χ1) is 21.5. The number of aryl methyl sites for hydroxylation is 1. The third-order valence-corrected chi connectivity index (χ3v) is 7.77. The van der Waals surface area contributed by atoms with Crippen molar-refractivity contribution in [3.05, 3.63) is 101 Å². The molecule has 2 atom stereocenters. The Labute approximate surface area is 273 Å². The first-order valence-electron chi connectivity index (χ1n) is 15.9. The van der Waals surface area contributed by atoms with Crippen molar-refractivity contribution in [2.75, 3.05) is 11.9 Å². The van der Waals surface area contributed by atoms with Crippen molar-refractivity contribution >= 4 is 35.2 Å². The number of para-hydroxylation sites is 1.